The first-order chi connectivity index (χ1) is 7.26. The molecule has 3 nitrogen and oxygen atoms in total. The number of rotatable bonds is 5. The van der Waals surface area contributed by atoms with E-state index in [-0.39, 0.29) is 18.7 Å². The lowest BCUT2D eigenvalue weighted by Gasteiger charge is -2.17. The number of nitrogens with one attached hydrogen (secondary N) is 1. The van der Waals surface area contributed by atoms with Gasteiger partial charge in [-0.05, 0) is 18.9 Å². The second kappa shape index (κ2) is 6.18. The third kappa shape index (κ3) is 4.11. The van der Waals surface area contributed by atoms with E-state index in [1.807, 2.05) is 30.3 Å². The fourth-order valence-electron chi connectivity index (χ4n) is 1.47. The van der Waals surface area contributed by atoms with Crippen molar-refractivity contribution in [3.8, 4) is 6.07 Å². The third-order valence-corrected chi connectivity index (χ3v) is 2.22. The van der Waals surface area contributed by atoms with Gasteiger partial charge in [-0.3, -0.25) is 5.32 Å². The summed E-state index contributed by atoms with van der Waals surface area (Å²) >= 11 is 0. The molecule has 2 N–H and O–H groups in total. The molecule has 1 rings (SSSR count). The fourth-order valence-corrected chi connectivity index (χ4v) is 1.47. The summed E-state index contributed by atoms with van der Waals surface area (Å²) in [6, 6.07) is 11.7. The van der Waals surface area contributed by atoms with Crippen LogP contribution in [0.25, 0.3) is 0 Å². The van der Waals surface area contributed by atoms with Crippen molar-refractivity contribution in [1.29, 1.82) is 5.26 Å². The van der Waals surface area contributed by atoms with Crippen LogP contribution in [-0.4, -0.2) is 23.8 Å². The van der Waals surface area contributed by atoms with Crippen molar-refractivity contribution in [3.63, 3.8) is 0 Å². The molecular weight excluding hydrogens is 188 g/mol. The number of benzene rings is 1. The molecule has 15 heavy (non-hydrogen) atoms. The predicted octanol–water partition coefficient (Wildman–Crippen LogP) is 1.09. The summed E-state index contributed by atoms with van der Waals surface area (Å²) in [6.07, 6.45) is 0.739. The van der Waals surface area contributed by atoms with Crippen molar-refractivity contribution < 1.29 is 5.11 Å². The van der Waals surface area contributed by atoms with E-state index in [2.05, 4.69) is 11.4 Å². The van der Waals surface area contributed by atoms with Crippen LogP contribution in [-0.2, 0) is 6.42 Å². The van der Waals surface area contributed by atoms with Gasteiger partial charge in [0.15, 0.2) is 0 Å². The van der Waals surface area contributed by atoms with Crippen LogP contribution in [0.1, 0.15) is 12.5 Å². The summed E-state index contributed by atoms with van der Waals surface area (Å²) in [5.41, 5.74) is 1.16. The van der Waals surface area contributed by atoms with Crippen LogP contribution in [0, 0.1) is 11.3 Å². The van der Waals surface area contributed by atoms with Crippen molar-refractivity contribution in [3.05, 3.63) is 35.9 Å². The van der Waals surface area contributed by atoms with E-state index in [4.69, 9.17) is 10.4 Å². The molecule has 0 aliphatic rings. The van der Waals surface area contributed by atoms with E-state index in [0.29, 0.717) is 0 Å². The average Bonchev–Trinajstić information content (AvgIpc) is 2.29. The third-order valence-electron chi connectivity index (χ3n) is 2.22. The first-order valence-electron chi connectivity index (χ1n) is 5.06. The first-order valence-corrected chi connectivity index (χ1v) is 5.06. The van der Waals surface area contributed by atoms with E-state index in [0.717, 1.165) is 12.0 Å². The lowest BCUT2D eigenvalue weighted by Crippen LogP contribution is -2.39. The molecular formula is C12H16N2O. The number of hydrogen-bond acceptors (Lipinski definition) is 3. The smallest absolute Gasteiger partial charge is 0.0927 e. The van der Waals surface area contributed by atoms with Crippen LogP contribution < -0.4 is 5.32 Å². The number of nitrogens with zero attached hydrogens (tertiary/aromatic N) is 1. The minimum Gasteiger partial charge on any atom is -0.395 e. The van der Waals surface area contributed by atoms with E-state index >= 15 is 0 Å². The van der Waals surface area contributed by atoms with E-state index < -0.39 is 0 Å². The van der Waals surface area contributed by atoms with Gasteiger partial charge in [-0.2, -0.15) is 5.26 Å². The molecule has 3 heteroatoms. The Morgan fingerprint density at radius 3 is 2.60 bits per heavy atom. The summed E-state index contributed by atoms with van der Waals surface area (Å²) in [5.74, 6) is 0. The summed E-state index contributed by atoms with van der Waals surface area (Å²) in [4.78, 5) is 0. The van der Waals surface area contributed by atoms with Crippen LogP contribution in [0.3, 0.4) is 0 Å². The van der Waals surface area contributed by atoms with Crippen molar-refractivity contribution in [1.82, 2.24) is 5.32 Å². The van der Waals surface area contributed by atoms with Crippen LogP contribution in [0.15, 0.2) is 30.3 Å². The molecule has 0 radical (unpaired) electrons. The molecule has 0 heterocycles. The van der Waals surface area contributed by atoms with Crippen LogP contribution >= 0.6 is 0 Å². The number of hydrogen-bond donors (Lipinski definition) is 2. The minimum absolute atomic E-state index is 0.0426. The Bertz CT molecular complexity index is 318. The maximum absolute atomic E-state index is 9.16. The lowest BCUT2D eigenvalue weighted by molar-refractivity contribution is 0.238. The number of aliphatic hydroxyl groups excluding tert-OH is 1. The zero-order valence-electron chi connectivity index (χ0n) is 8.85. The highest BCUT2D eigenvalue weighted by molar-refractivity contribution is 5.16. The molecule has 0 aliphatic heterocycles. The monoisotopic (exact) mass is 204 g/mol. The molecule has 0 saturated heterocycles. The standard InChI is InChI=1S/C12H16N2O/c1-10(8-13)14-12(9-15)7-11-5-3-2-4-6-11/h2-6,10,12,14-15H,7,9H2,1H3. The predicted molar refractivity (Wildman–Crippen MR) is 59.2 cm³/mol. The van der Waals surface area contributed by atoms with Gasteiger partial charge in [-0.1, -0.05) is 30.3 Å². The molecule has 0 aliphatic carbocycles. The van der Waals surface area contributed by atoms with Gasteiger partial charge in [0.05, 0.1) is 18.7 Å². The Morgan fingerprint density at radius 1 is 1.40 bits per heavy atom. The quantitative estimate of drug-likeness (QED) is 0.755. The molecule has 2 unspecified atom stereocenters. The van der Waals surface area contributed by atoms with Gasteiger partial charge in [0.25, 0.3) is 0 Å². The molecule has 0 fully saturated rings. The van der Waals surface area contributed by atoms with E-state index in [1.54, 1.807) is 6.92 Å². The molecule has 1 aromatic rings. The Hall–Kier alpha value is -1.37. The van der Waals surface area contributed by atoms with Gasteiger partial charge in [0, 0.05) is 6.04 Å². The van der Waals surface area contributed by atoms with Crippen molar-refractivity contribution in [2.45, 2.75) is 25.4 Å². The first kappa shape index (κ1) is 11.7. The molecule has 0 aromatic heterocycles. The lowest BCUT2D eigenvalue weighted by atomic mass is 10.1. The molecule has 0 saturated carbocycles. The SMILES string of the molecule is CC(C#N)NC(CO)Cc1ccccc1. The second-order valence-electron chi connectivity index (χ2n) is 3.59. The summed E-state index contributed by atoms with van der Waals surface area (Å²) in [5, 5.41) is 20.9. The maximum Gasteiger partial charge on any atom is 0.0927 e. The molecule has 80 valence electrons. The van der Waals surface area contributed by atoms with Gasteiger partial charge in [-0.25, -0.2) is 0 Å². The number of nitriles is 1. The van der Waals surface area contributed by atoms with Gasteiger partial charge in [0.1, 0.15) is 0 Å². The van der Waals surface area contributed by atoms with Crippen LogP contribution in [0.4, 0.5) is 0 Å². The van der Waals surface area contributed by atoms with Gasteiger partial charge < -0.3 is 5.11 Å². The Kier molecular flexibility index (Phi) is 4.82. The summed E-state index contributed by atoms with van der Waals surface area (Å²) in [7, 11) is 0. The minimum atomic E-state index is -0.231. The normalized spacial score (nSPS) is 14.2. The van der Waals surface area contributed by atoms with E-state index in [9.17, 15) is 0 Å². The van der Waals surface area contributed by atoms with Gasteiger partial charge >= 0.3 is 0 Å². The van der Waals surface area contributed by atoms with Crippen molar-refractivity contribution in [2.24, 2.45) is 0 Å². The molecule has 0 bridgehead atoms. The highest BCUT2D eigenvalue weighted by Gasteiger charge is 2.10. The maximum atomic E-state index is 9.16. The summed E-state index contributed by atoms with van der Waals surface area (Å²) in [6.45, 7) is 1.83. The van der Waals surface area contributed by atoms with Gasteiger partial charge in [-0.15, -0.1) is 0 Å². The second-order valence-corrected chi connectivity index (χ2v) is 3.59. The Labute approximate surface area is 90.4 Å². The highest BCUT2D eigenvalue weighted by atomic mass is 16.3. The van der Waals surface area contributed by atoms with Crippen LogP contribution in [0.2, 0.25) is 0 Å². The molecule has 2 atom stereocenters. The zero-order valence-corrected chi connectivity index (χ0v) is 8.85. The Balaban J connectivity index is 2.51. The molecule has 1 aromatic carbocycles. The van der Waals surface area contributed by atoms with Crippen LogP contribution in [0.5, 0.6) is 0 Å². The van der Waals surface area contributed by atoms with Gasteiger partial charge in [0.2, 0.25) is 0 Å². The fraction of sp³-hybridized carbons (Fsp3) is 0.417. The zero-order chi connectivity index (χ0) is 11.1. The molecule has 0 spiro atoms. The van der Waals surface area contributed by atoms with E-state index in [1.165, 1.54) is 0 Å². The number of aliphatic hydroxyl groups is 1. The average molecular weight is 204 g/mol. The van der Waals surface area contributed by atoms with Crippen molar-refractivity contribution >= 4 is 0 Å². The van der Waals surface area contributed by atoms with Crippen molar-refractivity contribution in [2.75, 3.05) is 6.61 Å². The Morgan fingerprint density at radius 2 is 2.07 bits per heavy atom. The largest absolute Gasteiger partial charge is 0.395 e. The topological polar surface area (TPSA) is 56.0 Å². The highest BCUT2D eigenvalue weighted by Crippen LogP contribution is 2.03. The summed E-state index contributed by atoms with van der Waals surface area (Å²) < 4.78 is 0. The molecule has 0 amide bonds.